The molecular weight excluding hydrogens is 298 g/mol. The summed E-state index contributed by atoms with van der Waals surface area (Å²) in [5.74, 6) is 2.24. The van der Waals surface area contributed by atoms with Gasteiger partial charge in [-0.1, -0.05) is 18.2 Å². The normalized spacial score (nSPS) is 13.7. The molecule has 0 bridgehead atoms. The van der Waals surface area contributed by atoms with Crippen LogP contribution in [0.3, 0.4) is 0 Å². The van der Waals surface area contributed by atoms with Crippen LogP contribution in [-0.4, -0.2) is 9.97 Å². The van der Waals surface area contributed by atoms with Gasteiger partial charge in [0, 0.05) is 9.77 Å². The van der Waals surface area contributed by atoms with Crippen LogP contribution in [-0.2, 0) is 18.6 Å². The molecule has 0 spiro atoms. The Morgan fingerprint density at radius 1 is 1.14 bits per heavy atom. The Hall–Kier alpha value is -1.59. The van der Waals surface area contributed by atoms with Crippen molar-refractivity contribution in [1.82, 2.24) is 9.97 Å². The lowest BCUT2D eigenvalue weighted by molar-refractivity contribution is 0.917. The quantitative estimate of drug-likeness (QED) is 0.741. The minimum absolute atomic E-state index is 0.656. The van der Waals surface area contributed by atoms with Crippen LogP contribution < -0.4 is 5.73 Å². The van der Waals surface area contributed by atoms with Gasteiger partial charge in [-0.25, -0.2) is 9.97 Å². The van der Waals surface area contributed by atoms with Crippen LogP contribution in [0.4, 0.5) is 5.82 Å². The average Bonchev–Trinajstić information content (AvgIpc) is 3.06. The molecule has 0 atom stereocenters. The standard InChI is InChI=1S/C16H15N3S2/c17-15-14-11-7-4-8-12(11)21-16(14)19-13(18-15)9-20-10-5-2-1-3-6-10/h1-3,5-6H,4,7-9H2,(H2,17,18,19). The van der Waals surface area contributed by atoms with E-state index in [1.807, 2.05) is 18.2 Å². The molecule has 5 heteroatoms. The minimum atomic E-state index is 0.656. The number of aromatic nitrogens is 2. The molecule has 2 heterocycles. The van der Waals surface area contributed by atoms with E-state index < -0.39 is 0 Å². The number of hydrogen-bond acceptors (Lipinski definition) is 5. The van der Waals surface area contributed by atoms with Gasteiger partial charge in [0.15, 0.2) is 0 Å². The van der Waals surface area contributed by atoms with E-state index in [1.165, 1.54) is 28.2 Å². The van der Waals surface area contributed by atoms with E-state index in [9.17, 15) is 0 Å². The van der Waals surface area contributed by atoms with Gasteiger partial charge in [-0.3, -0.25) is 0 Å². The van der Waals surface area contributed by atoms with Gasteiger partial charge in [0.2, 0.25) is 0 Å². The maximum Gasteiger partial charge on any atom is 0.142 e. The van der Waals surface area contributed by atoms with Gasteiger partial charge in [0.05, 0.1) is 11.1 Å². The molecule has 0 unspecified atom stereocenters. The molecule has 0 saturated heterocycles. The number of anilines is 1. The first-order valence-electron chi connectivity index (χ1n) is 7.06. The number of thiophene rings is 1. The van der Waals surface area contributed by atoms with Crippen molar-refractivity contribution in [3.05, 3.63) is 46.6 Å². The number of nitrogen functional groups attached to an aromatic ring is 1. The summed E-state index contributed by atoms with van der Waals surface area (Å²) in [6.07, 6.45) is 3.53. The Kier molecular flexibility index (Phi) is 3.31. The number of rotatable bonds is 3. The molecule has 1 aromatic carbocycles. The number of hydrogen-bond donors (Lipinski definition) is 1. The van der Waals surface area contributed by atoms with Crippen molar-refractivity contribution in [3.63, 3.8) is 0 Å². The zero-order valence-electron chi connectivity index (χ0n) is 11.5. The predicted octanol–water partition coefficient (Wildman–Crippen LogP) is 4.05. The molecule has 4 rings (SSSR count). The second-order valence-electron chi connectivity index (χ2n) is 5.16. The number of thioether (sulfide) groups is 1. The molecule has 0 aliphatic heterocycles. The molecule has 3 aromatic rings. The summed E-state index contributed by atoms with van der Waals surface area (Å²) in [4.78, 5) is 13.0. The molecular formula is C16H15N3S2. The Labute approximate surface area is 131 Å². The van der Waals surface area contributed by atoms with Gasteiger partial charge in [0.25, 0.3) is 0 Å². The molecule has 0 saturated carbocycles. The first kappa shape index (κ1) is 13.1. The molecule has 21 heavy (non-hydrogen) atoms. The lowest BCUT2D eigenvalue weighted by Crippen LogP contribution is -1.99. The van der Waals surface area contributed by atoms with Crippen LogP contribution in [0.25, 0.3) is 10.2 Å². The Morgan fingerprint density at radius 3 is 2.86 bits per heavy atom. The van der Waals surface area contributed by atoms with Crippen LogP contribution in [0, 0.1) is 0 Å². The van der Waals surface area contributed by atoms with Crippen molar-refractivity contribution in [2.75, 3.05) is 5.73 Å². The van der Waals surface area contributed by atoms with Gasteiger partial charge in [-0.05, 0) is 37.0 Å². The van der Waals surface area contributed by atoms with Crippen molar-refractivity contribution in [2.45, 2.75) is 29.9 Å². The molecule has 0 amide bonds. The fourth-order valence-corrected chi connectivity index (χ4v) is 4.86. The number of benzene rings is 1. The highest BCUT2D eigenvalue weighted by atomic mass is 32.2. The lowest BCUT2D eigenvalue weighted by Gasteiger charge is -2.04. The molecule has 0 radical (unpaired) electrons. The smallest absolute Gasteiger partial charge is 0.142 e. The summed E-state index contributed by atoms with van der Waals surface area (Å²) in [6, 6.07) is 10.3. The van der Waals surface area contributed by atoms with E-state index >= 15 is 0 Å². The lowest BCUT2D eigenvalue weighted by atomic mass is 10.2. The highest BCUT2D eigenvalue weighted by Crippen LogP contribution is 2.38. The van der Waals surface area contributed by atoms with Gasteiger partial charge in [-0.15, -0.1) is 23.1 Å². The fourth-order valence-electron chi connectivity index (χ4n) is 2.80. The first-order chi connectivity index (χ1) is 10.3. The first-order valence-corrected chi connectivity index (χ1v) is 8.86. The van der Waals surface area contributed by atoms with Crippen LogP contribution >= 0.6 is 23.1 Å². The number of nitrogens with two attached hydrogens (primary N) is 1. The molecule has 2 aromatic heterocycles. The van der Waals surface area contributed by atoms with E-state index in [-0.39, 0.29) is 0 Å². The third-order valence-corrected chi connectivity index (χ3v) is 5.94. The van der Waals surface area contributed by atoms with E-state index in [0.717, 1.165) is 28.2 Å². The van der Waals surface area contributed by atoms with Crippen molar-refractivity contribution < 1.29 is 0 Å². The highest BCUT2D eigenvalue weighted by Gasteiger charge is 2.21. The Morgan fingerprint density at radius 2 is 2.00 bits per heavy atom. The maximum absolute atomic E-state index is 6.19. The highest BCUT2D eigenvalue weighted by molar-refractivity contribution is 7.98. The topological polar surface area (TPSA) is 51.8 Å². The van der Waals surface area contributed by atoms with E-state index in [4.69, 9.17) is 10.7 Å². The minimum Gasteiger partial charge on any atom is -0.383 e. The van der Waals surface area contributed by atoms with Gasteiger partial charge >= 0.3 is 0 Å². The molecule has 106 valence electrons. The fraction of sp³-hybridized carbons (Fsp3) is 0.250. The summed E-state index contributed by atoms with van der Waals surface area (Å²) >= 11 is 3.54. The Balaban J connectivity index is 1.65. The predicted molar refractivity (Wildman–Crippen MR) is 89.9 cm³/mol. The number of aryl methyl sites for hydroxylation is 2. The third-order valence-electron chi connectivity index (χ3n) is 3.75. The van der Waals surface area contributed by atoms with Gasteiger partial charge in [-0.2, -0.15) is 0 Å². The summed E-state index contributed by atoms with van der Waals surface area (Å²) in [5, 5.41) is 1.11. The molecule has 1 aliphatic rings. The van der Waals surface area contributed by atoms with E-state index in [2.05, 4.69) is 17.1 Å². The number of nitrogens with zero attached hydrogens (tertiary/aromatic N) is 2. The second kappa shape index (κ2) is 5.31. The van der Waals surface area contributed by atoms with Crippen LogP contribution in [0.5, 0.6) is 0 Å². The van der Waals surface area contributed by atoms with Crippen LogP contribution in [0.15, 0.2) is 35.2 Å². The molecule has 0 fully saturated rings. The van der Waals surface area contributed by atoms with Crippen LogP contribution in [0.2, 0.25) is 0 Å². The molecule has 2 N–H and O–H groups in total. The maximum atomic E-state index is 6.19. The number of fused-ring (bicyclic) bond motifs is 3. The third kappa shape index (κ3) is 2.40. The van der Waals surface area contributed by atoms with Crippen molar-refractivity contribution in [1.29, 1.82) is 0 Å². The molecule has 1 aliphatic carbocycles. The largest absolute Gasteiger partial charge is 0.383 e. The van der Waals surface area contributed by atoms with Gasteiger partial charge < -0.3 is 5.73 Å². The van der Waals surface area contributed by atoms with E-state index in [1.54, 1.807) is 23.1 Å². The summed E-state index contributed by atoms with van der Waals surface area (Å²) in [5.41, 5.74) is 7.59. The summed E-state index contributed by atoms with van der Waals surface area (Å²) in [7, 11) is 0. The van der Waals surface area contributed by atoms with Crippen molar-refractivity contribution in [3.8, 4) is 0 Å². The average molecular weight is 313 g/mol. The van der Waals surface area contributed by atoms with Crippen LogP contribution in [0.1, 0.15) is 22.7 Å². The van der Waals surface area contributed by atoms with E-state index in [0.29, 0.717) is 5.82 Å². The second-order valence-corrected chi connectivity index (χ2v) is 7.30. The Bertz CT molecular complexity index is 796. The summed E-state index contributed by atoms with van der Waals surface area (Å²) < 4.78 is 0. The SMILES string of the molecule is Nc1nc(CSc2ccccc2)nc2sc3c(c12)CCC3. The van der Waals surface area contributed by atoms with Gasteiger partial charge in [0.1, 0.15) is 16.5 Å². The molecule has 3 nitrogen and oxygen atoms in total. The zero-order valence-corrected chi connectivity index (χ0v) is 13.1. The monoisotopic (exact) mass is 313 g/mol. The van der Waals surface area contributed by atoms with Crippen molar-refractivity contribution in [2.24, 2.45) is 0 Å². The van der Waals surface area contributed by atoms with Crippen molar-refractivity contribution >= 4 is 39.1 Å². The zero-order chi connectivity index (χ0) is 14.2. The summed E-state index contributed by atoms with van der Waals surface area (Å²) in [6.45, 7) is 0.